The van der Waals surface area contributed by atoms with Gasteiger partial charge in [0.05, 0.1) is 15.7 Å². The summed E-state index contributed by atoms with van der Waals surface area (Å²) in [5, 5.41) is 5.51. The third-order valence-corrected chi connectivity index (χ3v) is 6.23. The first-order valence-corrected chi connectivity index (χ1v) is 10.7. The minimum absolute atomic E-state index is 0.0948. The highest BCUT2D eigenvalue weighted by Gasteiger charge is 2.26. The Bertz CT molecular complexity index is 1290. The highest BCUT2D eigenvalue weighted by atomic mass is 35.5. The molecule has 0 N–H and O–H groups in total. The number of rotatable bonds is 3. The second-order valence-electron chi connectivity index (χ2n) is 7.58. The van der Waals surface area contributed by atoms with E-state index in [0.717, 1.165) is 12.2 Å². The fourth-order valence-corrected chi connectivity index (χ4v) is 4.16. The first-order chi connectivity index (χ1) is 15.0. The van der Waals surface area contributed by atoms with Crippen LogP contribution in [0, 0.1) is 6.92 Å². The Hall–Kier alpha value is -3.02. The van der Waals surface area contributed by atoms with Crippen LogP contribution >= 0.6 is 23.2 Å². The van der Waals surface area contributed by atoms with Crippen LogP contribution in [0.3, 0.4) is 0 Å². The fraction of sp³-hybridized carbons (Fsp3) is 0.167. The van der Waals surface area contributed by atoms with E-state index in [1.165, 1.54) is 11.1 Å². The first-order valence-electron chi connectivity index (χ1n) is 9.98. The van der Waals surface area contributed by atoms with E-state index in [4.69, 9.17) is 27.6 Å². The summed E-state index contributed by atoms with van der Waals surface area (Å²) in [7, 11) is 0. The molecule has 0 aliphatic carbocycles. The number of benzene rings is 2. The van der Waals surface area contributed by atoms with E-state index >= 15 is 0 Å². The van der Waals surface area contributed by atoms with Crippen LogP contribution in [0.4, 0.5) is 0 Å². The minimum Gasteiger partial charge on any atom is -0.460 e. The van der Waals surface area contributed by atoms with Crippen molar-refractivity contribution >= 4 is 29.1 Å². The number of hydrogen-bond donors (Lipinski definition) is 0. The number of furan rings is 1. The molecular weight excluding hydrogens is 433 g/mol. The van der Waals surface area contributed by atoms with E-state index in [1.807, 2.05) is 36.1 Å². The van der Waals surface area contributed by atoms with Crippen LogP contribution < -0.4 is 0 Å². The van der Waals surface area contributed by atoms with Gasteiger partial charge in [0.1, 0.15) is 17.1 Å². The molecule has 0 saturated carbocycles. The van der Waals surface area contributed by atoms with E-state index in [-0.39, 0.29) is 5.91 Å². The maximum Gasteiger partial charge on any atom is 0.272 e. The van der Waals surface area contributed by atoms with Crippen LogP contribution in [0.5, 0.6) is 0 Å². The highest BCUT2D eigenvalue weighted by molar-refractivity contribution is 6.42. The van der Waals surface area contributed by atoms with Gasteiger partial charge in [-0.1, -0.05) is 47.5 Å². The Balaban J connectivity index is 1.57. The summed E-state index contributed by atoms with van der Waals surface area (Å²) in [5.41, 5.74) is 4.15. The SMILES string of the molecule is Cc1ccc(-c2cc(C(=O)N3CCc4ccccc4C3)n(-c3ccc(Cl)c(Cl)c3)n2)o1. The molecule has 0 spiro atoms. The van der Waals surface area contributed by atoms with Gasteiger partial charge in [-0.25, -0.2) is 4.68 Å². The van der Waals surface area contributed by atoms with Crippen LogP contribution in [0.2, 0.25) is 10.0 Å². The normalized spacial score (nSPS) is 13.3. The van der Waals surface area contributed by atoms with Gasteiger partial charge in [0.2, 0.25) is 0 Å². The molecule has 3 heterocycles. The topological polar surface area (TPSA) is 51.3 Å². The number of hydrogen-bond acceptors (Lipinski definition) is 3. The molecule has 0 saturated heterocycles. The molecule has 0 unspecified atom stereocenters. The van der Waals surface area contributed by atoms with Gasteiger partial charge in [0, 0.05) is 19.2 Å². The van der Waals surface area contributed by atoms with Gasteiger partial charge in [-0.3, -0.25) is 4.79 Å². The number of nitrogens with zero attached hydrogens (tertiary/aromatic N) is 3. The molecule has 2 aromatic heterocycles. The van der Waals surface area contributed by atoms with Gasteiger partial charge in [-0.2, -0.15) is 5.10 Å². The molecule has 31 heavy (non-hydrogen) atoms. The summed E-state index contributed by atoms with van der Waals surface area (Å²) < 4.78 is 7.35. The molecule has 1 amide bonds. The predicted molar refractivity (Wildman–Crippen MR) is 121 cm³/mol. The Labute approximate surface area is 189 Å². The average Bonchev–Trinajstić information content (AvgIpc) is 3.41. The van der Waals surface area contributed by atoms with Crippen LogP contribution in [-0.2, 0) is 13.0 Å². The Morgan fingerprint density at radius 3 is 2.55 bits per heavy atom. The number of carbonyl (C=O) groups excluding carboxylic acids is 1. The molecule has 7 heteroatoms. The van der Waals surface area contributed by atoms with Gasteiger partial charge in [-0.05, 0) is 54.8 Å². The number of aryl methyl sites for hydroxylation is 1. The lowest BCUT2D eigenvalue weighted by Crippen LogP contribution is -2.37. The second kappa shape index (κ2) is 7.91. The largest absolute Gasteiger partial charge is 0.460 e. The van der Waals surface area contributed by atoms with Crippen molar-refractivity contribution < 1.29 is 9.21 Å². The van der Waals surface area contributed by atoms with Gasteiger partial charge in [-0.15, -0.1) is 0 Å². The summed E-state index contributed by atoms with van der Waals surface area (Å²) in [6.07, 6.45) is 0.826. The smallest absolute Gasteiger partial charge is 0.272 e. The third-order valence-electron chi connectivity index (χ3n) is 5.49. The molecule has 5 nitrogen and oxygen atoms in total. The summed E-state index contributed by atoms with van der Waals surface area (Å²) in [4.78, 5) is 15.4. The molecule has 156 valence electrons. The molecule has 0 bridgehead atoms. The molecule has 4 aromatic rings. The van der Waals surface area contributed by atoms with Crippen molar-refractivity contribution in [1.29, 1.82) is 0 Å². The van der Waals surface area contributed by atoms with Crippen LogP contribution in [-0.4, -0.2) is 27.1 Å². The number of halogens is 2. The number of aromatic nitrogens is 2. The van der Waals surface area contributed by atoms with Crippen molar-refractivity contribution in [3.8, 4) is 17.1 Å². The molecule has 2 aromatic carbocycles. The lowest BCUT2D eigenvalue weighted by molar-refractivity contribution is 0.0725. The maximum absolute atomic E-state index is 13.6. The number of fused-ring (bicyclic) bond motifs is 1. The Kier molecular flexibility index (Phi) is 5.08. The van der Waals surface area contributed by atoms with Crippen molar-refractivity contribution in [1.82, 2.24) is 14.7 Å². The van der Waals surface area contributed by atoms with Crippen molar-refractivity contribution in [3.05, 3.63) is 93.3 Å². The van der Waals surface area contributed by atoms with Gasteiger partial charge >= 0.3 is 0 Å². The van der Waals surface area contributed by atoms with Crippen LogP contribution in [0.1, 0.15) is 27.4 Å². The lowest BCUT2D eigenvalue weighted by Gasteiger charge is -2.29. The average molecular weight is 452 g/mol. The maximum atomic E-state index is 13.6. The van der Waals surface area contributed by atoms with Crippen molar-refractivity contribution in [2.24, 2.45) is 0 Å². The summed E-state index contributed by atoms with van der Waals surface area (Å²) in [6, 6.07) is 18.9. The van der Waals surface area contributed by atoms with E-state index in [1.54, 1.807) is 28.9 Å². The van der Waals surface area contributed by atoms with E-state index in [0.29, 0.717) is 46.0 Å². The predicted octanol–water partition coefficient (Wildman–Crippen LogP) is 5.95. The Morgan fingerprint density at radius 1 is 1.00 bits per heavy atom. The van der Waals surface area contributed by atoms with Gasteiger partial charge in [0.25, 0.3) is 5.91 Å². The standard InChI is InChI=1S/C24H19Cl2N3O2/c1-15-6-9-23(31-15)21-13-22(29(27-21)18-7-8-19(25)20(26)12-18)24(30)28-11-10-16-4-2-3-5-17(16)14-28/h2-9,12-13H,10-11,14H2,1H3. The summed E-state index contributed by atoms with van der Waals surface area (Å²) >= 11 is 12.3. The monoisotopic (exact) mass is 451 g/mol. The van der Waals surface area contributed by atoms with Crippen LogP contribution in [0.15, 0.2) is 65.1 Å². The first kappa shape index (κ1) is 19.9. The minimum atomic E-state index is -0.0948. The third kappa shape index (κ3) is 3.75. The van der Waals surface area contributed by atoms with Gasteiger partial charge < -0.3 is 9.32 Å². The van der Waals surface area contributed by atoms with Gasteiger partial charge in [0.15, 0.2) is 5.76 Å². The molecular formula is C24H19Cl2N3O2. The lowest BCUT2D eigenvalue weighted by atomic mass is 10.00. The number of amides is 1. The van der Waals surface area contributed by atoms with Crippen molar-refractivity contribution in [2.45, 2.75) is 19.9 Å². The van der Waals surface area contributed by atoms with Crippen LogP contribution in [0.25, 0.3) is 17.1 Å². The molecule has 1 aliphatic heterocycles. The van der Waals surface area contributed by atoms with Crippen molar-refractivity contribution in [3.63, 3.8) is 0 Å². The Morgan fingerprint density at radius 2 is 1.81 bits per heavy atom. The molecule has 5 rings (SSSR count). The molecule has 0 radical (unpaired) electrons. The fourth-order valence-electron chi connectivity index (χ4n) is 3.87. The zero-order valence-corrected chi connectivity index (χ0v) is 18.3. The molecule has 0 atom stereocenters. The molecule has 0 fully saturated rings. The quantitative estimate of drug-likeness (QED) is 0.386. The second-order valence-corrected chi connectivity index (χ2v) is 8.40. The molecule has 1 aliphatic rings. The summed E-state index contributed by atoms with van der Waals surface area (Å²) in [6.45, 7) is 3.09. The highest BCUT2D eigenvalue weighted by Crippen LogP contribution is 2.29. The van der Waals surface area contributed by atoms with E-state index in [9.17, 15) is 4.79 Å². The van der Waals surface area contributed by atoms with E-state index < -0.39 is 0 Å². The van der Waals surface area contributed by atoms with E-state index in [2.05, 4.69) is 17.2 Å². The zero-order chi connectivity index (χ0) is 21.5. The zero-order valence-electron chi connectivity index (χ0n) is 16.8. The van der Waals surface area contributed by atoms with Crippen molar-refractivity contribution in [2.75, 3.05) is 6.54 Å². The summed E-state index contributed by atoms with van der Waals surface area (Å²) in [5.74, 6) is 1.29. The number of carbonyl (C=O) groups is 1.